The van der Waals surface area contributed by atoms with Crippen molar-refractivity contribution in [3.63, 3.8) is 0 Å². The van der Waals surface area contributed by atoms with Gasteiger partial charge >= 0.3 is 0 Å². The topological polar surface area (TPSA) is 44.1 Å². The van der Waals surface area contributed by atoms with Gasteiger partial charge in [-0.2, -0.15) is 5.26 Å². The lowest BCUT2D eigenvalue weighted by Crippen LogP contribution is -2.48. The smallest absolute Gasteiger partial charge is 0.240 e. The second-order valence-corrected chi connectivity index (χ2v) is 5.76. The summed E-state index contributed by atoms with van der Waals surface area (Å²) >= 11 is 0. The fraction of sp³-hybridized carbons (Fsp3) is 0.529. The van der Waals surface area contributed by atoms with Crippen LogP contribution < -0.4 is 0 Å². The maximum atomic E-state index is 12.6. The van der Waals surface area contributed by atoms with E-state index in [0.29, 0.717) is 12.3 Å². The van der Waals surface area contributed by atoms with Gasteiger partial charge in [0.25, 0.3) is 0 Å². The lowest BCUT2D eigenvalue weighted by atomic mass is 9.90. The fourth-order valence-corrected chi connectivity index (χ4v) is 2.88. The Kier molecular flexibility index (Phi) is 4.79. The Balaban J connectivity index is 2.07. The summed E-state index contributed by atoms with van der Waals surface area (Å²) in [6, 6.07) is 12.2. The number of nitrogens with zero attached hydrogens (tertiary/aromatic N) is 2. The number of carbonyl (C=O) groups excluding carboxylic acids is 1. The van der Waals surface area contributed by atoms with Crippen LogP contribution in [0.2, 0.25) is 0 Å². The number of piperidine rings is 1. The van der Waals surface area contributed by atoms with E-state index in [4.69, 9.17) is 0 Å². The van der Waals surface area contributed by atoms with Gasteiger partial charge < -0.3 is 4.90 Å². The SMILES string of the molecule is CC1CCCN(C(=O)C(C#N)Cc2ccccc2)C1C. The molecular weight excluding hydrogens is 248 g/mol. The van der Waals surface area contributed by atoms with Gasteiger partial charge in [0, 0.05) is 12.6 Å². The predicted octanol–water partition coefficient (Wildman–Crippen LogP) is 3.02. The molecule has 0 bridgehead atoms. The molecule has 2 rings (SSSR count). The molecule has 0 spiro atoms. The first-order valence-electron chi connectivity index (χ1n) is 7.37. The molecule has 0 aliphatic carbocycles. The molecular formula is C17H22N2O. The molecule has 1 aliphatic rings. The second kappa shape index (κ2) is 6.56. The van der Waals surface area contributed by atoms with Crippen LogP contribution in [0.3, 0.4) is 0 Å². The number of hydrogen-bond donors (Lipinski definition) is 0. The molecule has 0 aromatic heterocycles. The first-order valence-corrected chi connectivity index (χ1v) is 7.37. The zero-order valence-corrected chi connectivity index (χ0v) is 12.2. The van der Waals surface area contributed by atoms with Crippen molar-refractivity contribution in [2.24, 2.45) is 11.8 Å². The molecule has 106 valence electrons. The molecule has 1 saturated heterocycles. The monoisotopic (exact) mass is 270 g/mol. The molecule has 3 unspecified atom stereocenters. The quantitative estimate of drug-likeness (QED) is 0.847. The zero-order chi connectivity index (χ0) is 14.5. The summed E-state index contributed by atoms with van der Waals surface area (Å²) in [7, 11) is 0. The van der Waals surface area contributed by atoms with Crippen molar-refractivity contribution in [2.75, 3.05) is 6.54 Å². The van der Waals surface area contributed by atoms with Crippen LogP contribution in [0.4, 0.5) is 0 Å². The Bertz CT molecular complexity index is 491. The van der Waals surface area contributed by atoms with Crippen LogP contribution in [-0.2, 0) is 11.2 Å². The fourth-order valence-electron chi connectivity index (χ4n) is 2.88. The summed E-state index contributed by atoms with van der Waals surface area (Å²) < 4.78 is 0. The summed E-state index contributed by atoms with van der Waals surface area (Å²) in [6.45, 7) is 5.07. The van der Waals surface area contributed by atoms with E-state index in [2.05, 4.69) is 19.9 Å². The number of nitriles is 1. The molecule has 1 amide bonds. The van der Waals surface area contributed by atoms with Crippen molar-refractivity contribution in [1.82, 2.24) is 4.90 Å². The maximum absolute atomic E-state index is 12.6. The Morgan fingerprint density at radius 2 is 2.10 bits per heavy atom. The van der Waals surface area contributed by atoms with Crippen molar-refractivity contribution in [3.05, 3.63) is 35.9 Å². The lowest BCUT2D eigenvalue weighted by molar-refractivity contribution is -0.138. The minimum atomic E-state index is -0.565. The Morgan fingerprint density at radius 1 is 1.40 bits per heavy atom. The van der Waals surface area contributed by atoms with E-state index >= 15 is 0 Å². The van der Waals surface area contributed by atoms with Gasteiger partial charge in [0.15, 0.2) is 0 Å². The van der Waals surface area contributed by atoms with Crippen molar-refractivity contribution in [1.29, 1.82) is 5.26 Å². The molecule has 1 aliphatic heterocycles. The van der Waals surface area contributed by atoms with Crippen LogP contribution in [0.25, 0.3) is 0 Å². The molecule has 3 heteroatoms. The number of carbonyl (C=O) groups is 1. The molecule has 0 N–H and O–H groups in total. The molecule has 20 heavy (non-hydrogen) atoms. The summed E-state index contributed by atoms with van der Waals surface area (Å²) in [5.41, 5.74) is 1.05. The minimum Gasteiger partial charge on any atom is -0.339 e. The Morgan fingerprint density at radius 3 is 2.75 bits per heavy atom. The average Bonchev–Trinajstić information content (AvgIpc) is 2.48. The van der Waals surface area contributed by atoms with E-state index in [1.807, 2.05) is 35.2 Å². The molecule has 3 nitrogen and oxygen atoms in total. The maximum Gasteiger partial charge on any atom is 0.240 e. The Labute approximate surface area is 121 Å². The molecule has 0 saturated carbocycles. The van der Waals surface area contributed by atoms with Crippen molar-refractivity contribution in [2.45, 2.75) is 39.2 Å². The van der Waals surface area contributed by atoms with Crippen LogP contribution in [0.1, 0.15) is 32.3 Å². The molecule has 1 heterocycles. The highest BCUT2D eigenvalue weighted by Gasteiger charge is 2.32. The van der Waals surface area contributed by atoms with Gasteiger partial charge in [-0.05, 0) is 37.7 Å². The third kappa shape index (κ3) is 3.19. The average molecular weight is 270 g/mol. The van der Waals surface area contributed by atoms with Crippen molar-refractivity contribution >= 4 is 5.91 Å². The number of likely N-dealkylation sites (tertiary alicyclic amines) is 1. The number of rotatable bonds is 3. The van der Waals surface area contributed by atoms with Gasteiger partial charge in [0.05, 0.1) is 6.07 Å². The van der Waals surface area contributed by atoms with E-state index in [0.717, 1.165) is 18.5 Å². The second-order valence-electron chi connectivity index (χ2n) is 5.76. The molecule has 1 aromatic carbocycles. The van der Waals surface area contributed by atoms with E-state index in [1.54, 1.807) is 0 Å². The summed E-state index contributed by atoms with van der Waals surface area (Å²) in [5, 5.41) is 9.34. The first kappa shape index (κ1) is 14.6. The number of benzene rings is 1. The highest BCUT2D eigenvalue weighted by molar-refractivity contribution is 5.82. The van der Waals surface area contributed by atoms with Crippen LogP contribution >= 0.6 is 0 Å². The van der Waals surface area contributed by atoms with Gasteiger partial charge in [0.2, 0.25) is 5.91 Å². The predicted molar refractivity (Wildman–Crippen MR) is 78.8 cm³/mol. The number of amides is 1. The van der Waals surface area contributed by atoms with Crippen molar-refractivity contribution < 1.29 is 4.79 Å². The van der Waals surface area contributed by atoms with Gasteiger partial charge in [-0.15, -0.1) is 0 Å². The van der Waals surface area contributed by atoms with Crippen molar-refractivity contribution in [3.8, 4) is 6.07 Å². The largest absolute Gasteiger partial charge is 0.339 e. The van der Waals surface area contributed by atoms with Crippen LogP contribution in [0.5, 0.6) is 0 Å². The van der Waals surface area contributed by atoms with Crippen LogP contribution in [0, 0.1) is 23.2 Å². The molecule has 1 aromatic rings. The highest BCUT2D eigenvalue weighted by Crippen LogP contribution is 2.25. The standard InChI is InChI=1S/C17H22N2O/c1-13-7-6-10-19(14(13)2)17(20)16(12-18)11-15-8-4-3-5-9-15/h3-5,8-9,13-14,16H,6-7,10-11H2,1-2H3. The van der Waals surface area contributed by atoms with Gasteiger partial charge in [0.1, 0.15) is 5.92 Å². The zero-order valence-electron chi connectivity index (χ0n) is 12.2. The Hall–Kier alpha value is -1.82. The highest BCUT2D eigenvalue weighted by atomic mass is 16.2. The summed E-state index contributed by atoms with van der Waals surface area (Å²) in [6.07, 6.45) is 2.72. The lowest BCUT2D eigenvalue weighted by Gasteiger charge is -2.38. The summed E-state index contributed by atoms with van der Waals surface area (Å²) in [4.78, 5) is 14.5. The molecule has 0 radical (unpaired) electrons. The van der Waals surface area contributed by atoms with E-state index in [1.165, 1.54) is 6.42 Å². The third-order valence-electron chi connectivity index (χ3n) is 4.39. The summed E-state index contributed by atoms with van der Waals surface area (Å²) in [5.74, 6) is -0.0516. The first-order chi connectivity index (χ1) is 9.63. The van der Waals surface area contributed by atoms with Crippen LogP contribution in [0.15, 0.2) is 30.3 Å². The van der Waals surface area contributed by atoms with E-state index in [9.17, 15) is 10.1 Å². The van der Waals surface area contributed by atoms with E-state index < -0.39 is 5.92 Å². The number of hydrogen-bond acceptors (Lipinski definition) is 2. The van der Waals surface area contributed by atoms with Gasteiger partial charge in [-0.1, -0.05) is 37.3 Å². The van der Waals surface area contributed by atoms with Gasteiger partial charge in [-0.25, -0.2) is 0 Å². The third-order valence-corrected chi connectivity index (χ3v) is 4.39. The van der Waals surface area contributed by atoms with Crippen LogP contribution in [-0.4, -0.2) is 23.4 Å². The van der Waals surface area contributed by atoms with Gasteiger partial charge in [-0.3, -0.25) is 4.79 Å². The molecule has 1 fully saturated rings. The van der Waals surface area contributed by atoms with E-state index in [-0.39, 0.29) is 11.9 Å². The normalized spacial score (nSPS) is 23.9. The molecule has 3 atom stereocenters. The minimum absolute atomic E-state index is 0.00426.